The molecule has 3 rings (SSSR count). The number of primary amides is 1. The van der Waals surface area contributed by atoms with E-state index in [0.29, 0.717) is 16.7 Å². The van der Waals surface area contributed by atoms with E-state index in [1.165, 1.54) is 6.92 Å². The molecule has 3 N–H and O–H groups in total. The number of hydrogen-bond donors (Lipinski definition) is 2. The van der Waals surface area contributed by atoms with Gasteiger partial charge in [0.25, 0.3) is 5.91 Å². The summed E-state index contributed by atoms with van der Waals surface area (Å²) in [5, 5.41) is 5.21. The van der Waals surface area contributed by atoms with Crippen molar-refractivity contribution in [3.8, 4) is 0 Å². The van der Waals surface area contributed by atoms with Gasteiger partial charge in [0.2, 0.25) is 11.7 Å². The van der Waals surface area contributed by atoms with Crippen LogP contribution >= 0.6 is 0 Å². The van der Waals surface area contributed by atoms with Gasteiger partial charge in [-0.25, -0.2) is 0 Å². The van der Waals surface area contributed by atoms with Crippen molar-refractivity contribution in [3.63, 3.8) is 0 Å². The highest BCUT2D eigenvalue weighted by Gasteiger charge is 2.21. The van der Waals surface area contributed by atoms with Crippen LogP contribution < -0.4 is 11.1 Å². The molecule has 1 heterocycles. The lowest BCUT2D eigenvalue weighted by Gasteiger charge is -2.03. The van der Waals surface area contributed by atoms with Gasteiger partial charge in [-0.1, -0.05) is 30.3 Å². The molecular weight excluding hydrogens is 256 g/mol. The largest absolute Gasteiger partial charge is 0.449 e. The Morgan fingerprint density at radius 3 is 2.60 bits per heavy atom. The SMILES string of the molecule is CC(=O)Nc1c(C(N)=O)oc2ccc3ccccc3c12. The number of amides is 2. The van der Waals surface area contributed by atoms with E-state index in [1.807, 2.05) is 30.3 Å². The molecular formula is C15H12N2O3. The maximum Gasteiger partial charge on any atom is 0.286 e. The van der Waals surface area contributed by atoms with Crippen molar-refractivity contribution in [3.05, 3.63) is 42.2 Å². The van der Waals surface area contributed by atoms with Crippen molar-refractivity contribution < 1.29 is 14.0 Å². The van der Waals surface area contributed by atoms with E-state index < -0.39 is 5.91 Å². The molecule has 2 aromatic carbocycles. The van der Waals surface area contributed by atoms with Gasteiger partial charge in [0, 0.05) is 6.92 Å². The number of carbonyl (C=O) groups excluding carboxylic acids is 2. The fourth-order valence-electron chi connectivity index (χ4n) is 2.34. The first-order valence-electron chi connectivity index (χ1n) is 6.09. The maximum atomic E-state index is 11.5. The lowest BCUT2D eigenvalue weighted by atomic mass is 10.1. The highest BCUT2D eigenvalue weighted by atomic mass is 16.3. The van der Waals surface area contributed by atoms with Gasteiger partial charge in [-0.05, 0) is 16.8 Å². The zero-order valence-electron chi connectivity index (χ0n) is 10.8. The summed E-state index contributed by atoms with van der Waals surface area (Å²) in [5.41, 5.74) is 6.16. The van der Waals surface area contributed by atoms with Gasteiger partial charge < -0.3 is 15.5 Å². The minimum absolute atomic E-state index is 0.0356. The van der Waals surface area contributed by atoms with Crippen LogP contribution in [-0.2, 0) is 4.79 Å². The van der Waals surface area contributed by atoms with Crippen LogP contribution in [0.1, 0.15) is 17.5 Å². The summed E-state index contributed by atoms with van der Waals surface area (Å²) >= 11 is 0. The number of furan rings is 1. The molecule has 3 aromatic rings. The molecule has 5 heteroatoms. The molecule has 5 nitrogen and oxygen atoms in total. The van der Waals surface area contributed by atoms with Crippen molar-refractivity contribution in [1.82, 2.24) is 0 Å². The standard InChI is InChI=1S/C15H12N2O3/c1-8(18)17-13-12-10-5-3-2-4-9(10)6-7-11(12)20-14(13)15(16)19/h2-7H,1H3,(H2,16,19)(H,17,18). The molecule has 1 aromatic heterocycles. The van der Waals surface area contributed by atoms with Crippen LogP contribution in [0.3, 0.4) is 0 Å². The molecule has 0 atom stereocenters. The van der Waals surface area contributed by atoms with E-state index in [2.05, 4.69) is 5.32 Å². The Labute approximate surface area is 114 Å². The number of anilines is 1. The second-order valence-corrected chi connectivity index (χ2v) is 4.51. The Hall–Kier alpha value is -2.82. The molecule has 20 heavy (non-hydrogen) atoms. The molecule has 0 fully saturated rings. The first-order chi connectivity index (χ1) is 9.58. The van der Waals surface area contributed by atoms with E-state index in [1.54, 1.807) is 6.07 Å². The van der Waals surface area contributed by atoms with Crippen LogP contribution in [0.5, 0.6) is 0 Å². The number of nitrogens with two attached hydrogens (primary N) is 1. The number of rotatable bonds is 2. The molecule has 0 radical (unpaired) electrons. The molecule has 2 amide bonds. The predicted octanol–water partition coefficient (Wildman–Crippen LogP) is 2.64. The summed E-state index contributed by atoms with van der Waals surface area (Å²) in [7, 11) is 0. The first-order valence-corrected chi connectivity index (χ1v) is 6.09. The van der Waals surface area contributed by atoms with E-state index in [-0.39, 0.29) is 11.7 Å². The predicted molar refractivity (Wildman–Crippen MR) is 76.5 cm³/mol. The van der Waals surface area contributed by atoms with Crippen LogP contribution in [0, 0.1) is 0 Å². The fourth-order valence-corrected chi connectivity index (χ4v) is 2.34. The third-order valence-electron chi connectivity index (χ3n) is 3.10. The summed E-state index contributed by atoms with van der Waals surface area (Å²) in [4.78, 5) is 22.8. The van der Waals surface area contributed by atoms with Crippen LogP contribution in [0.2, 0.25) is 0 Å². The minimum atomic E-state index is -0.714. The van der Waals surface area contributed by atoms with Crippen LogP contribution in [-0.4, -0.2) is 11.8 Å². The number of carbonyl (C=O) groups is 2. The number of nitrogens with one attached hydrogen (secondary N) is 1. The van der Waals surface area contributed by atoms with E-state index in [4.69, 9.17) is 10.2 Å². The third-order valence-corrected chi connectivity index (χ3v) is 3.10. The molecule has 0 unspecified atom stereocenters. The Morgan fingerprint density at radius 2 is 1.90 bits per heavy atom. The summed E-state index contributed by atoms with van der Waals surface area (Å²) in [6.07, 6.45) is 0. The lowest BCUT2D eigenvalue weighted by molar-refractivity contribution is -0.114. The van der Waals surface area contributed by atoms with Crippen LogP contribution in [0.4, 0.5) is 5.69 Å². The van der Waals surface area contributed by atoms with E-state index in [0.717, 1.165) is 10.8 Å². The zero-order chi connectivity index (χ0) is 14.3. The second kappa shape index (κ2) is 4.38. The summed E-state index contributed by atoms with van der Waals surface area (Å²) in [5.74, 6) is -1.04. The number of hydrogen-bond acceptors (Lipinski definition) is 3. The van der Waals surface area contributed by atoms with Gasteiger partial charge in [0.1, 0.15) is 11.3 Å². The molecule has 0 aliphatic rings. The minimum Gasteiger partial charge on any atom is -0.449 e. The van der Waals surface area contributed by atoms with E-state index >= 15 is 0 Å². The molecule has 100 valence electrons. The molecule has 0 aliphatic carbocycles. The van der Waals surface area contributed by atoms with E-state index in [9.17, 15) is 9.59 Å². The van der Waals surface area contributed by atoms with Crippen molar-refractivity contribution in [1.29, 1.82) is 0 Å². The second-order valence-electron chi connectivity index (χ2n) is 4.51. The Balaban J connectivity index is 2.45. The van der Waals surface area contributed by atoms with Gasteiger partial charge >= 0.3 is 0 Å². The van der Waals surface area contributed by atoms with Gasteiger partial charge in [-0.2, -0.15) is 0 Å². The maximum absolute atomic E-state index is 11.5. The van der Waals surface area contributed by atoms with Crippen molar-refractivity contribution in [2.45, 2.75) is 6.92 Å². The van der Waals surface area contributed by atoms with Gasteiger partial charge in [-0.3, -0.25) is 9.59 Å². The van der Waals surface area contributed by atoms with Crippen molar-refractivity contribution in [2.24, 2.45) is 5.73 Å². The smallest absolute Gasteiger partial charge is 0.286 e. The van der Waals surface area contributed by atoms with Gasteiger partial charge in [0.05, 0.1) is 5.39 Å². The van der Waals surface area contributed by atoms with Crippen LogP contribution in [0.25, 0.3) is 21.7 Å². The first kappa shape index (κ1) is 12.2. The topological polar surface area (TPSA) is 85.3 Å². The van der Waals surface area contributed by atoms with Crippen LogP contribution in [0.15, 0.2) is 40.8 Å². The normalized spacial score (nSPS) is 10.8. The quantitative estimate of drug-likeness (QED) is 0.749. The third kappa shape index (κ3) is 1.80. The summed E-state index contributed by atoms with van der Waals surface area (Å²) in [6, 6.07) is 11.3. The fraction of sp³-hybridized carbons (Fsp3) is 0.0667. The van der Waals surface area contributed by atoms with Crippen molar-refractivity contribution in [2.75, 3.05) is 5.32 Å². The molecule has 0 saturated carbocycles. The monoisotopic (exact) mass is 268 g/mol. The Bertz CT molecular complexity index is 849. The van der Waals surface area contributed by atoms with Crippen molar-refractivity contribution >= 4 is 39.2 Å². The summed E-state index contributed by atoms with van der Waals surface area (Å²) in [6.45, 7) is 1.37. The average molecular weight is 268 g/mol. The highest BCUT2D eigenvalue weighted by Crippen LogP contribution is 2.36. The zero-order valence-corrected chi connectivity index (χ0v) is 10.8. The van der Waals surface area contributed by atoms with Gasteiger partial charge in [0.15, 0.2) is 0 Å². The Morgan fingerprint density at radius 1 is 1.15 bits per heavy atom. The Kier molecular flexibility index (Phi) is 2.68. The highest BCUT2D eigenvalue weighted by molar-refractivity contribution is 6.19. The van der Waals surface area contributed by atoms with Gasteiger partial charge in [-0.15, -0.1) is 0 Å². The average Bonchev–Trinajstić information content (AvgIpc) is 2.77. The number of fused-ring (bicyclic) bond motifs is 3. The molecule has 0 spiro atoms. The molecule has 0 bridgehead atoms. The summed E-state index contributed by atoms with van der Waals surface area (Å²) < 4.78 is 5.48. The lowest BCUT2D eigenvalue weighted by Crippen LogP contribution is -2.14. The molecule has 0 saturated heterocycles. The molecule has 0 aliphatic heterocycles. The number of benzene rings is 2.